The molecule has 1 aromatic rings. The Hall–Kier alpha value is -1.33. The van der Waals surface area contributed by atoms with Crippen molar-refractivity contribution in [2.24, 2.45) is 5.92 Å². The summed E-state index contributed by atoms with van der Waals surface area (Å²) in [5, 5.41) is 3.57. The SMILES string of the molecule is COC(=O)c1ccc(CNC2CCN(C)CC2C)[nH]1. The molecule has 0 saturated carbocycles. The molecule has 1 aromatic heterocycles. The Kier molecular flexibility index (Phi) is 4.61. The Bertz CT molecular complexity index is 430. The number of carbonyl (C=O) groups excluding carboxylic acids is 1. The Morgan fingerprint density at radius 2 is 2.37 bits per heavy atom. The number of aromatic amines is 1. The molecule has 106 valence electrons. The maximum absolute atomic E-state index is 11.3. The molecule has 1 aliphatic rings. The van der Waals surface area contributed by atoms with Gasteiger partial charge in [0.1, 0.15) is 5.69 Å². The standard InChI is InChI=1S/C14H23N3O2/c1-10-9-17(2)7-6-12(10)15-8-11-4-5-13(16-11)14(18)19-3/h4-5,10,12,15-16H,6-9H2,1-3H3. The highest BCUT2D eigenvalue weighted by molar-refractivity contribution is 5.87. The second-order valence-electron chi connectivity index (χ2n) is 5.40. The first kappa shape index (κ1) is 14.1. The molecular weight excluding hydrogens is 242 g/mol. The van der Waals surface area contributed by atoms with Crippen LogP contribution in [0.15, 0.2) is 12.1 Å². The molecule has 5 nitrogen and oxygen atoms in total. The van der Waals surface area contributed by atoms with Crippen molar-refractivity contribution in [2.45, 2.75) is 25.9 Å². The van der Waals surface area contributed by atoms with E-state index in [1.807, 2.05) is 6.07 Å². The van der Waals surface area contributed by atoms with Crippen molar-refractivity contribution in [3.8, 4) is 0 Å². The molecule has 0 spiro atoms. The average molecular weight is 265 g/mol. The largest absolute Gasteiger partial charge is 0.464 e. The molecule has 2 N–H and O–H groups in total. The molecule has 2 unspecified atom stereocenters. The van der Waals surface area contributed by atoms with Gasteiger partial charge in [-0.3, -0.25) is 0 Å². The van der Waals surface area contributed by atoms with Crippen LogP contribution in [0.2, 0.25) is 0 Å². The molecule has 0 bridgehead atoms. The van der Waals surface area contributed by atoms with Gasteiger partial charge in [-0.25, -0.2) is 4.79 Å². The van der Waals surface area contributed by atoms with Crippen LogP contribution < -0.4 is 5.32 Å². The summed E-state index contributed by atoms with van der Waals surface area (Å²) in [5.41, 5.74) is 1.53. The van der Waals surface area contributed by atoms with Crippen LogP contribution in [0.3, 0.4) is 0 Å². The van der Waals surface area contributed by atoms with E-state index in [0.717, 1.165) is 25.3 Å². The van der Waals surface area contributed by atoms with Crippen molar-refractivity contribution in [2.75, 3.05) is 27.2 Å². The molecule has 1 aliphatic heterocycles. The molecule has 5 heteroatoms. The molecular formula is C14H23N3O2. The van der Waals surface area contributed by atoms with Gasteiger partial charge in [0, 0.05) is 24.8 Å². The molecule has 2 heterocycles. The highest BCUT2D eigenvalue weighted by atomic mass is 16.5. The number of esters is 1. The van der Waals surface area contributed by atoms with E-state index < -0.39 is 0 Å². The lowest BCUT2D eigenvalue weighted by molar-refractivity contribution is 0.0594. The van der Waals surface area contributed by atoms with Gasteiger partial charge in [0.05, 0.1) is 7.11 Å². The van der Waals surface area contributed by atoms with E-state index in [9.17, 15) is 4.79 Å². The number of rotatable bonds is 4. The Morgan fingerprint density at radius 1 is 1.58 bits per heavy atom. The van der Waals surface area contributed by atoms with Crippen molar-refractivity contribution in [1.82, 2.24) is 15.2 Å². The number of hydrogen-bond donors (Lipinski definition) is 2. The van der Waals surface area contributed by atoms with Gasteiger partial charge in [-0.1, -0.05) is 6.92 Å². The van der Waals surface area contributed by atoms with Crippen LogP contribution in [0.1, 0.15) is 29.5 Å². The van der Waals surface area contributed by atoms with Crippen molar-refractivity contribution in [1.29, 1.82) is 0 Å². The van der Waals surface area contributed by atoms with E-state index in [4.69, 9.17) is 0 Å². The number of nitrogens with one attached hydrogen (secondary N) is 2. The first-order valence-corrected chi connectivity index (χ1v) is 6.78. The Labute approximate surface area is 114 Å². The van der Waals surface area contributed by atoms with E-state index in [-0.39, 0.29) is 5.97 Å². The number of H-pyrrole nitrogens is 1. The third-order valence-electron chi connectivity index (χ3n) is 3.81. The summed E-state index contributed by atoms with van der Waals surface area (Å²) in [4.78, 5) is 16.8. The van der Waals surface area contributed by atoms with Crippen LogP contribution in [-0.2, 0) is 11.3 Å². The summed E-state index contributed by atoms with van der Waals surface area (Å²) in [6.07, 6.45) is 1.17. The molecule has 0 radical (unpaired) electrons. The number of methoxy groups -OCH3 is 1. The lowest BCUT2D eigenvalue weighted by atomic mass is 9.94. The number of ether oxygens (including phenoxy) is 1. The predicted molar refractivity (Wildman–Crippen MR) is 74.0 cm³/mol. The smallest absolute Gasteiger partial charge is 0.354 e. The third kappa shape index (κ3) is 3.58. The highest BCUT2D eigenvalue weighted by Gasteiger charge is 2.23. The molecule has 0 amide bonds. The van der Waals surface area contributed by atoms with Gasteiger partial charge < -0.3 is 19.9 Å². The maximum Gasteiger partial charge on any atom is 0.354 e. The molecule has 2 atom stereocenters. The lowest BCUT2D eigenvalue weighted by Crippen LogP contribution is -2.46. The monoisotopic (exact) mass is 265 g/mol. The predicted octanol–water partition coefficient (Wildman–Crippen LogP) is 1.23. The summed E-state index contributed by atoms with van der Waals surface area (Å²) in [6, 6.07) is 4.24. The van der Waals surface area contributed by atoms with Crippen molar-refractivity contribution < 1.29 is 9.53 Å². The van der Waals surface area contributed by atoms with Crippen LogP contribution in [-0.4, -0.2) is 49.1 Å². The first-order valence-electron chi connectivity index (χ1n) is 6.78. The number of likely N-dealkylation sites (tertiary alicyclic amines) is 1. The van der Waals surface area contributed by atoms with Crippen LogP contribution in [0.25, 0.3) is 0 Å². The van der Waals surface area contributed by atoms with Crippen molar-refractivity contribution in [3.05, 3.63) is 23.5 Å². The van der Waals surface area contributed by atoms with Crippen molar-refractivity contribution >= 4 is 5.97 Å². The van der Waals surface area contributed by atoms with Gasteiger partial charge in [0.15, 0.2) is 0 Å². The number of carbonyl (C=O) groups is 1. The summed E-state index contributed by atoms with van der Waals surface area (Å²) >= 11 is 0. The summed E-state index contributed by atoms with van der Waals surface area (Å²) in [6.45, 7) is 5.31. The van der Waals surface area contributed by atoms with Crippen LogP contribution in [0.5, 0.6) is 0 Å². The normalized spacial score (nSPS) is 24.4. The van der Waals surface area contributed by atoms with Crippen molar-refractivity contribution in [3.63, 3.8) is 0 Å². The van der Waals surface area contributed by atoms with E-state index in [0.29, 0.717) is 17.7 Å². The first-order chi connectivity index (χ1) is 9.10. The van der Waals surface area contributed by atoms with Crippen LogP contribution in [0, 0.1) is 5.92 Å². The van der Waals surface area contributed by atoms with Gasteiger partial charge in [-0.05, 0) is 38.1 Å². The lowest BCUT2D eigenvalue weighted by Gasteiger charge is -2.35. The molecule has 1 fully saturated rings. The fourth-order valence-corrected chi connectivity index (χ4v) is 2.67. The van der Waals surface area contributed by atoms with E-state index in [1.165, 1.54) is 13.5 Å². The average Bonchev–Trinajstić information content (AvgIpc) is 2.85. The van der Waals surface area contributed by atoms with Gasteiger partial charge >= 0.3 is 5.97 Å². The summed E-state index contributed by atoms with van der Waals surface area (Å²) in [7, 11) is 3.56. The van der Waals surface area contributed by atoms with E-state index in [1.54, 1.807) is 6.07 Å². The topological polar surface area (TPSA) is 57.4 Å². The van der Waals surface area contributed by atoms with E-state index >= 15 is 0 Å². The quantitative estimate of drug-likeness (QED) is 0.804. The number of aromatic nitrogens is 1. The minimum atomic E-state index is -0.320. The zero-order chi connectivity index (χ0) is 13.8. The van der Waals surface area contributed by atoms with Crippen LogP contribution >= 0.6 is 0 Å². The summed E-state index contributed by atoms with van der Waals surface area (Å²) < 4.78 is 4.68. The minimum absolute atomic E-state index is 0.320. The molecule has 0 aromatic carbocycles. The molecule has 2 rings (SSSR count). The number of nitrogens with zero attached hydrogens (tertiary/aromatic N) is 1. The zero-order valence-corrected chi connectivity index (χ0v) is 11.9. The zero-order valence-electron chi connectivity index (χ0n) is 11.9. The molecule has 0 aliphatic carbocycles. The summed E-state index contributed by atoms with van der Waals surface area (Å²) in [5.74, 6) is 0.327. The second kappa shape index (κ2) is 6.21. The molecule has 19 heavy (non-hydrogen) atoms. The van der Waals surface area contributed by atoms with Crippen LogP contribution in [0.4, 0.5) is 0 Å². The van der Waals surface area contributed by atoms with Gasteiger partial charge in [-0.15, -0.1) is 0 Å². The Balaban J connectivity index is 1.85. The fraction of sp³-hybridized carbons (Fsp3) is 0.643. The maximum atomic E-state index is 11.3. The highest BCUT2D eigenvalue weighted by Crippen LogP contribution is 2.16. The Morgan fingerprint density at radius 3 is 3.05 bits per heavy atom. The number of piperidine rings is 1. The molecule has 1 saturated heterocycles. The third-order valence-corrected chi connectivity index (χ3v) is 3.81. The number of hydrogen-bond acceptors (Lipinski definition) is 4. The van der Waals surface area contributed by atoms with Gasteiger partial charge in [-0.2, -0.15) is 0 Å². The fourth-order valence-electron chi connectivity index (χ4n) is 2.67. The van der Waals surface area contributed by atoms with E-state index in [2.05, 4.69) is 33.9 Å². The second-order valence-corrected chi connectivity index (χ2v) is 5.40. The van der Waals surface area contributed by atoms with Gasteiger partial charge in [0.25, 0.3) is 0 Å². The van der Waals surface area contributed by atoms with Gasteiger partial charge in [0.2, 0.25) is 0 Å². The minimum Gasteiger partial charge on any atom is -0.464 e.